The minimum atomic E-state index is -0.363. The van der Waals surface area contributed by atoms with Gasteiger partial charge in [0.2, 0.25) is 5.52 Å². The highest BCUT2D eigenvalue weighted by Crippen LogP contribution is 2.35. The molecule has 3 aromatic heterocycles. The third-order valence-corrected chi connectivity index (χ3v) is 6.83. The van der Waals surface area contributed by atoms with Gasteiger partial charge in [-0.3, -0.25) is 9.69 Å². The monoisotopic (exact) mass is 488 g/mol. The largest absolute Gasteiger partial charge is 0.395 e. The zero-order chi connectivity index (χ0) is 25.4. The number of fused-ring (bicyclic) bond motifs is 1. The number of piperazine rings is 1. The molecule has 4 heterocycles. The van der Waals surface area contributed by atoms with Crippen LogP contribution in [0.4, 0.5) is 15.9 Å². The van der Waals surface area contributed by atoms with Crippen LogP contribution >= 0.6 is 0 Å². The normalized spacial score (nSPS) is 19.4. The molecule has 0 amide bonds. The third kappa shape index (κ3) is 4.12. The average molecular weight is 489 g/mol. The Morgan fingerprint density at radius 2 is 2.00 bits per heavy atom. The number of hydrogen-bond donors (Lipinski definition) is 1. The molecule has 1 unspecified atom stereocenters. The SMILES string of the molecule is [C-]#[N+]c1ccc2c(n1)c(N1C[C@@H](CO)N(C(c3ccc(F)cc3)c3ccon3)C[C@@H]1C)cc(=O)n2C. The molecule has 0 aliphatic carbocycles. The van der Waals surface area contributed by atoms with E-state index in [9.17, 15) is 14.3 Å². The van der Waals surface area contributed by atoms with E-state index < -0.39 is 0 Å². The average Bonchev–Trinajstić information content (AvgIpc) is 3.42. The van der Waals surface area contributed by atoms with Gasteiger partial charge in [0.15, 0.2) is 0 Å². The summed E-state index contributed by atoms with van der Waals surface area (Å²) in [6.07, 6.45) is 1.49. The summed E-state index contributed by atoms with van der Waals surface area (Å²) in [4.78, 5) is 25.0. The van der Waals surface area contributed by atoms with E-state index in [4.69, 9.17) is 11.1 Å². The molecule has 3 atom stereocenters. The van der Waals surface area contributed by atoms with Gasteiger partial charge in [0.25, 0.3) is 11.4 Å². The Hall–Kier alpha value is -4.07. The van der Waals surface area contributed by atoms with Gasteiger partial charge in [-0.15, -0.1) is 4.98 Å². The number of aliphatic hydroxyl groups excluding tert-OH is 1. The Labute approximate surface area is 206 Å². The van der Waals surface area contributed by atoms with Crippen LogP contribution in [0.2, 0.25) is 0 Å². The molecule has 0 spiro atoms. The molecule has 1 aromatic carbocycles. The first-order valence-corrected chi connectivity index (χ1v) is 11.6. The molecule has 5 rings (SSSR count). The summed E-state index contributed by atoms with van der Waals surface area (Å²) < 4.78 is 20.3. The molecule has 4 aromatic rings. The molecule has 10 heteroatoms. The van der Waals surface area contributed by atoms with Gasteiger partial charge < -0.3 is 23.9 Å². The number of aromatic nitrogens is 3. The van der Waals surface area contributed by atoms with Crippen LogP contribution in [0.1, 0.15) is 24.2 Å². The van der Waals surface area contributed by atoms with Gasteiger partial charge in [-0.05, 0) is 36.8 Å². The molecule has 36 heavy (non-hydrogen) atoms. The van der Waals surface area contributed by atoms with Crippen molar-refractivity contribution in [2.24, 2.45) is 7.05 Å². The minimum Gasteiger partial charge on any atom is -0.395 e. The Morgan fingerprint density at radius 1 is 1.22 bits per heavy atom. The summed E-state index contributed by atoms with van der Waals surface area (Å²) in [7, 11) is 1.68. The lowest BCUT2D eigenvalue weighted by Gasteiger charge is -2.48. The lowest BCUT2D eigenvalue weighted by Crippen LogP contribution is -2.60. The number of halogens is 1. The van der Waals surface area contributed by atoms with Crippen LogP contribution in [0.5, 0.6) is 0 Å². The van der Waals surface area contributed by atoms with Crippen LogP contribution in [0.25, 0.3) is 15.9 Å². The van der Waals surface area contributed by atoms with Gasteiger partial charge in [0.05, 0.1) is 29.9 Å². The van der Waals surface area contributed by atoms with Crippen molar-refractivity contribution in [3.05, 3.63) is 93.6 Å². The molecule has 1 aliphatic rings. The van der Waals surface area contributed by atoms with E-state index in [0.717, 1.165) is 5.56 Å². The Balaban J connectivity index is 1.57. The number of pyridine rings is 2. The van der Waals surface area contributed by atoms with Crippen LogP contribution in [0, 0.1) is 12.4 Å². The number of aliphatic hydroxyl groups is 1. The van der Waals surface area contributed by atoms with Gasteiger partial charge in [0.1, 0.15) is 17.8 Å². The van der Waals surface area contributed by atoms with Crippen molar-refractivity contribution in [1.29, 1.82) is 0 Å². The fourth-order valence-corrected chi connectivity index (χ4v) is 5.00. The van der Waals surface area contributed by atoms with Gasteiger partial charge in [-0.1, -0.05) is 23.9 Å². The van der Waals surface area contributed by atoms with Gasteiger partial charge in [0, 0.05) is 38.3 Å². The van der Waals surface area contributed by atoms with Crippen LogP contribution in [0.15, 0.2) is 64.1 Å². The topological polar surface area (TPSA) is 92.0 Å². The van der Waals surface area contributed by atoms with E-state index in [-0.39, 0.29) is 41.9 Å². The van der Waals surface area contributed by atoms with Crippen molar-refractivity contribution in [1.82, 2.24) is 19.6 Å². The minimum absolute atomic E-state index is 0.0867. The molecule has 1 N–H and O–H groups in total. The van der Waals surface area contributed by atoms with Gasteiger partial charge in [-0.2, -0.15) is 0 Å². The van der Waals surface area contributed by atoms with E-state index in [1.807, 2.05) is 6.92 Å². The zero-order valence-electron chi connectivity index (χ0n) is 19.9. The number of hydrogen-bond acceptors (Lipinski definition) is 7. The summed E-state index contributed by atoms with van der Waals surface area (Å²) in [5, 5.41) is 14.6. The first kappa shape index (κ1) is 23.7. The second kappa shape index (κ2) is 9.53. The summed E-state index contributed by atoms with van der Waals surface area (Å²) >= 11 is 0. The van der Waals surface area contributed by atoms with E-state index in [2.05, 4.69) is 24.8 Å². The predicted molar refractivity (Wildman–Crippen MR) is 132 cm³/mol. The fourth-order valence-electron chi connectivity index (χ4n) is 5.00. The summed E-state index contributed by atoms with van der Waals surface area (Å²) in [5.74, 6) is -0.0897. The first-order chi connectivity index (χ1) is 17.4. The summed E-state index contributed by atoms with van der Waals surface area (Å²) in [5.41, 5.74) is 3.12. The maximum Gasteiger partial charge on any atom is 0.270 e. The molecule has 1 fully saturated rings. The molecular weight excluding hydrogens is 463 g/mol. The molecule has 0 radical (unpaired) electrons. The quantitative estimate of drug-likeness (QED) is 0.431. The lowest BCUT2D eigenvalue weighted by atomic mass is 9.96. The smallest absolute Gasteiger partial charge is 0.270 e. The van der Waals surface area contributed by atoms with Crippen LogP contribution in [-0.2, 0) is 7.05 Å². The molecule has 184 valence electrons. The second-order valence-electron chi connectivity index (χ2n) is 8.99. The van der Waals surface area contributed by atoms with E-state index in [1.54, 1.807) is 43.4 Å². The highest BCUT2D eigenvalue weighted by molar-refractivity contribution is 5.89. The van der Waals surface area contributed by atoms with Crippen LogP contribution in [0.3, 0.4) is 0 Å². The van der Waals surface area contributed by atoms with Crippen molar-refractivity contribution in [3.8, 4) is 0 Å². The van der Waals surface area contributed by atoms with Gasteiger partial charge >= 0.3 is 0 Å². The molecule has 0 saturated carbocycles. The first-order valence-electron chi connectivity index (χ1n) is 11.6. The van der Waals surface area contributed by atoms with E-state index in [0.29, 0.717) is 35.5 Å². The van der Waals surface area contributed by atoms with Crippen molar-refractivity contribution < 1.29 is 14.0 Å². The number of aryl methyl sites for hydroxylation is 1. The second-order valence-corrected chi connectivity index (χ2v) is 8.99. The molecule has 9 nitrogen and oxygen atoms in total. The van der Waals surface area contributed by atoms with Crippen molar-refractivity contribution in [2.75, 3.05) is 24.6 Å². The van der Waals surface area contributed by atoms with E-state index >= 15 is 0 Å². The summed E-state index contributed by atoms with van der Waals surface area (Å²) in [6, 6.07) is 12.1. The number of nitrogens with zero attached hydrogens (tertiary/aromatic N) is 6. The molecule has 1 saturated heterocycles. The van der Waals surface area contributed by atoms with Gasteiger partial charge in [-0.25, -0.2) is 4.39 Å². The van der Waals surface area contributed by atoms with Crippen molar-refractivity contribution in [2.45, 2.75) is 25.0 Å². The Morgan fingerprint density at radius 3 is 2.67 bits per heavy atom. The number of anilines is 1. The lowest BCUT2D eigenvalue weighted by molar-refractivity contribution is 0.0702. The highest BCUT2D eigenvalue weighted by atomic mass is 19.1. The Bertz CT molecular complexity index is 1480. The Kier molecular flexibility index (Phi) is 6.26. The van der Waals surface area contributed by atoms with Crippen LogP contribution in [-0.4, -0.2) is 56.5 Å². The maximum atomic E-state index is 13.7. The molecular formula is C26H25FN6O3. The zero-order valence-corrected chi connectivity index (χ0v) is 19.9. The van der Waals surface area contributed by atoms with Crippen LogP contribution < -0.4 is 10.5 Å². The molecule has 0 bridgehead atoms. The van der Waals surface area contributed by atoms with Crippen molar-refractivity contribution >= 4 is 22.5 Å². The fraction of sp³-hybridized carbons (Fsp3) is 0.308. The predicted octanol–water partition coefficient (Wildman–Crippen LogP) is 3.27. The third-order valence-electron chi connectivity index (χ3n) is 6.83. The van der Waals surface area contributed by atoms with E-state index in [1.165, 1.54) is 23.0 Å². The van der Waals surface area contributed by atoms with Crippen molar-refractivity contribution in [3.63, 3.8) is 0 Å². The standard InChI is InChI=1S/C26H25FN6O3/c1-16-13-33(26(20-10-11-36-30-20)17-4-6-18(27)7-5-17)19(15-34)14-32(16)22-12-24(35)31(3)21-8-9-23(28-2)29-25(21)22/h4-12,16,19,26,34H,13-15H2,1,3H3/t16-,19-,26?/m0/s1. The highest BCUT2D eigenvalue weighted by Gasteiger charge is 2.39. The molecule has 1 aliphatic heterocycles. The number of rotatable bonds is 5. The number of benzene rings is 1. The maximum absolute atomic E-state index is 13.7. The summed E-state index contributed by atoms with van der Waals surface area (Å²) in [6.45, 7) is 10.2.